The number of carbonyl (C=O) groups excluding carboxylic acids is 6. The van der Waals surface area contributed by atoms with E-state index in [0.717, 1.165) is 13.8 Å². The second kappa shape index (κ2) is 16.3. The molecule has 4 aliphatic rings. The number of aliphatic hydroxyl groups excluding tert-OH is 2. The van der Waals surface area contributed by atoms with Crippen LogP contribution in [0.15, 0.2) is 83.5 Å². The van der Waals surface area contributed by atoms with Crippen molar-refractivity contribution in [2.75, 3.05) is 6.61 Å². The molecule has 322 valence electrons. The van der Waals surface area contributed by atoms with Gasteiger partial charge in [-0.2, -0.15) is 0 Å². The van der Waals surface area contributed by atoms with Crippen LogP contribution >= 0.6 is 0 Å². The maximum atomic E-state index is 15.4. The van der Waals surface area contributed by atoms with Crippen molar-refractivity contribution in [3.63, 3.8) is 0 Å². The molecule has 0 spiro atoms. The summed E-state index contributed by atoms with van der Waals surface area (Å²) < 4.78 is 35.7. The number of carbonyl (C=O) groups is 6. The van der Waals surface area contributed by atoms with Crippen molar-refractivity contribution in [3.05, 3.63) is 94.6 Å². The van der Waals surface area contributed by atoms with Gasteiger partial charge in [0.05, 0.1) is 29.6 Å². The fourth-order valence-corrected chi connectivity index (χ4v) is 9.63. The molecule has 15 heteroatoms. The molecule has 0 amide bonds. The lowest BCUT2D eigenvalue weighted by atomic mass is 9.44. The third kappa shape index (κ3) is 7.24. The SMILES string of the molecule is C/C=C(\C)C(=O)O[C@@H](c1ccccc1)[C@@H](O)C(=O)O[C@@H]1C[C@@]2(O)[C@H](OC(=O)c3ccccc3)[C@H]3C4(OC(C)=O)CO[C@@H]4C[C@H](O)[C@@]3(C)C(=O)[C@H](OC(C)=O)C(=C1C)C2(C)C. The number of hydrogen-bond donors (Lipinski definition) is 3. The van der Waals surface area contributed by atoms with Crippen molar-refractivity contribution in [2.24, 2.45) is 16.7 Å². The largest absolute Gasteiger partial charge is 0.456 e. The lowest BCUT2D eigenvalue weighted by molar-refractivity contribution is -0.346. The Morgan fingerprint density at radius 3 is 2.07 bits per heavy atom. The molecule has 60 heavy (non-hydrogen) atoms. The third-order valence-electron chi connectivity index (χ3n) is 13.1. The summed E-state index contributed by atoms with van der Waals surface area (Å²) in [7, 11) is 0. The lowest BCUT2D eigenvalue weighted by Gasteiger charge is -2.67. The zero-order chi connectivity index (χ0) is 44.1. The number of ketones is 1. The van der Waals surface area contributed by atoms with Gasteiger partial charge in [0.2, 0.25) is 0 Å². The van der Waals surface area contributed by atoms with Crippen molar-refractivity contribution >= 4 is 35.6 Å². The maximum Gasteiger partial charge on any atom is 0.339 e. The molecule has 2 saturated carbocycles. The van der Waals surface area contributed by atoms with Crippen LogP contribution in [0, 0.1) is 16.7 Å². The summed E-state index contributed by atoms with van der Waals surface area (Å²) in [6, 6.07) is 15.8. The summed E-state index contributed by atoms with van der Waals surface area (Å²) in [6.07, 6.45) is -10.7. The quantitative estimate of drug-likeness (QED) is 0.134. The molecule has 0 aromatic heterocycles. The number of allylic oxidation sites excluding steroid dienone is 1. The molecule has 1 unspecified atom stereocenters. The number of ether oxygens (including phenoxy) is 6. The minimum atomic E-state index is -2.40. The van der Waals surface area contributed by atoms with Gasteiger partial charge in [0.1, 0.15) is 23.9 Å². The van der Waals surface area contributed by atoms with E-state index in [1.165, 1.54) is 39.0 Å². The van der Waals surface area contributed by atoms with E-state index in [-0.39, 0.29) is 40.9 Å². The van der Waals surface area contributed by atoms with Crippen molar-refractivity contribution in [2.45, 2.75) is 122 Å². The first-order chi connectivity index (χ1) is 28.1. The van der Waals surface area contributed by atoms with E-state index in [0.29, 0.717) is 0 Å². The van der Waals surface area contributed by atoms with Crippen LogP contribution in [0.5, 0.6) is 0 Å². The minimum Gasteiger partial charge on any atom is -0.456 e. The van der Waals surface area contributed by atoms with E-state index in [1.807, 2.05) is 0 Å². The summed E-state index contributed by atoms with van der Waals surface area (Å²) in [5.74, 6) is -7.14. The zero-order valence-corrected chi connectivity index (χ0v) is 34.8. The molecule has 3 aliphatic carbocycles. The fourth-order valence-electron chi connectivity index (χ4n) is 9.63. The molecule has 2 aromatic carbocycles. The van der Waals surface area contributed by atoms with Gasteiger partial charge in [0, 0.05) is 37.7 Å². The summed E-state index contributed by atoms with van der Waals surface area (Å²) in [4.78, 5) is 82.7. The smallest absolute Gasteiger partial charge is 0.339 e. The van der Waals surface area contributed by atoms with Gasteiger partial charge in [-0.3, -0.25) is 14.4 Å². The molecule has 3 fully saturated rings. The van der Waals surface area contributed by atoms with E-state index in [4.69, 9.17) is 28.4 Å². The number of rotatable bonds is 10. The molecule has 15 nitrogen and oxygen atoms in total. The highest BCUT2D eigenvalue weighted by molar-refractivity contribution is 5.95. The number of Topliss-reactive ketones (excluding diaryl/α,β-unsaturated/α-hetero) is 1. The molecule has 0 radical (unpaired) electrons. The van der Waals surface area contributed by atoms with Gasteiger partial charge in [0.15, 0.2) is 29.7 Å². The highest BCUT2D eigenvalue weighted by Crippen LogP contribution is 2.64. The van der Waals surface area contributed by atoms with E-state index in [1.54, 1.807) is 69.3 Å². The first kappa shape index (κ1) is 44.3. The monoisotopic (exact) mass is 832 g/mol. The number of benzene rings is 2. The highest BCUT2D eigenvalue weighted by Gasteiger charge is 2.78. The molecule has 11 atom stereocenters. The topological polar surface area (TPSA) is 218 Å². The fraction of sp³-hybridized carbons (Fsp3) is 0.511. The van der Waals surface area contributed by atoms with Crippen molar-refractivity contribution in [1.82, 2.24) is 0 Å². The third-order valence-corrected chi connectivity index (χ3v) is 13.1. The lowest BCUT2D eigenvalue weighted by Crippen LogP contribution is -2.82. The van der Waals surface area contributed by atoms with Gasteiger partial charge in [0.25, 0.3) is 0 Å². The molecule has 3 N–H and O–H groups in total. The Morgan fingerprint density at radius 2 is 1.52 bits per heavy atom. The Kier molecular flexibility index (Phi) is 12.1. The van der Waals surface area contributed by atoms with Crippen LogP contribution in [0.4, 0.5) is 0 Å². The van der Waals surface area contributed by atoms with Gasteiger partial charge < -0.3 is 43.7 Å². The van der Waals surface area contributed by atoms with Gasteiger partial charge in [-0.05, 0) is 56.5 Å². The Hall–Kier alpha value is -5.22. The van der Waals surface area contributed by atoms with Crippen molar-refractivity contribution in [3.8, 4) is 0 Å². The molecule has 6 rings (SSSR count). The first-order valence-corrected chi connectivity index (χ1v) is 19.8. The Labute approximate surface area is 347 Å². The Morgan fingerprint density at radius 1 is 0.900 bits per heavy atom. The maximum absolute atomic E-state index is 15.4. The molecule has 1 saturated heterocycles. The average molecular weight is 833 g/mol. The van der Waals surface area contributed by atoms with Crippen molar-refractivity contribution in [1.29, 1.82) is 0 Å². The Balaban J connectivity index is 1.56. The molecule has 1 aliphatic heterocycles. The van der Waals surface area contributed by atoms with Gasteiger partial charge in [-0.15, -0.1) is 0 Å². The number of aliphatic hydroxyl groups is 3. The summed E-state index contributed by atoms with van der Waals surface area (Å²) in [6.45, 7) is 11.0. The van der Waals surface area contributed by atoms with Gasteiger partial charge in [-0.1, -0.05) is 68.5 Å². The predicted molar refractivity (Wildman–Crippen MR) is 209 cm³/mol. The van der Waals surface area contributed by atoms with Crippen LogP contribution < -0.4 is 0 Å². The zero-order valence-electron chi connectivity index (χ0n) is 34.8. The van der Waals surface area contributed by atoms with Crippen LogP contribution in [0.2, 0.25) is 0 Å². The van der Waals surface area contributed by atoms with Gasteiger partial charge >= 0.3 is 29.8 Å². The van der Waals surface area contributed by atoms with Crippen LogP contribution in [-0.2, 0) is 52.4 Å². The van der Waals surface area contributed by atoms with E-state index < -0.39 is 113 Å². The Bertz CT molecular complexity index is 2110. The average Bonchev–Trinajstić information content (AvgIpc) is 3.20. The van der Waals surface area contributed by atoms with Crippen LogP contribution in [0.3, 0.4) is 0 Å². The first-order valence-electron chi connectivity index (χ1n) is 19.8. The summed E-state index contributed by atoms with van der Waals surface area (Å²) in [5.41, 5.74) is -7.22. The summed E-state index contributed by atoms with van der Waals surface area (Å²) >= 11 is 0. The van der Waals surface area contributed by atoms with E-state index in [2.05, 4.69) is 0 Å². The molecular weight excluding hydrogens is 780 g/mol. The van der Waals surface area contributed by atoms with E-state index in [9.17, 15) is 39.3 Å². The van der Waals surface area contributed by atoms with Crippen LogP contribution in [0.1, 0.15) is 90.3 Å². The molecule has 2 bridgehead atoms. The van der Waals surface area contributed by atoms with E-state index >= 15 is 4.79 Å². The summed E-state index contributed by atoms with van der Waals surface area (Å²) in [5, 5.41) is 37.2. The normalized spacial score (nSPS) is 32.9. The molecular formula is C45H52O15. The highest BCUT2D eigenvalue weighted by atomic mass is 16.6. The molecule has 1 heterocycles. The number of esters is 5. The number of hydrogen-bond acceptors (Lipinski definition) is 15. The van der Waals surface area contributed by atoms with Crippen LogP contribution in [-0.4, -0.2) is 105 Å². The van der Waals surface area contributed by atoms with Crippen LogP contribution in [0.25, 0.3) is 0 Å². The standard InChI is InChI=1S/C45H52O15/c1-9-23(2)39(51)58-34(27-16-12-10-13-17-27)33(49)41(53)57-29-21-45(54)38(59-40(52)28-18-14-11-15-19-28)36-43(8,30(48)20-31-44(36,22-55-31)60-26(5)47)37(50)35(56-25(4)46)32(24(29)3)42(45,6)7/h9-19,29-31,33-36,38,48-49,54H,20-22H2,1-8H3/b23-9+/t29-,30+,31-,33-,34+,35-,36-,38-,43-,44?,45-/m1/s1. The molecule has 2 aromatic rings. The van der Waals surface area contributed by atoms with Gasteiger partial charge in [-0.25, -0.2) is 14.4 Å². The minimum absolute atomic E-state index is 0.0142. The predicted octanol–water partition coefficient (Wildman–Crippen LogP) is 3.82. The second-order valence-electron chi connectivity index (χ2n) is 16.8. The number of fused-ring (bicyclic) bond motifs is 5. The van der Waals surface area contributed by atoms with Crippen molar-refractivity contribution < 1.29 is 72.5 Å². The second-order valence-corrected chi connectivity index (χ2v) is 16.8.